The number of hydrogen-bond donors (Lipinski definition) is 1. The molecule has 0 unspecified atom stereocenters. The third-order valence-electron chi connectivity index (χ3n) is 4.36. The lowest BCUT2D eigenvalue weighted by molar-refractivity contribution is 0.474. The van der Waals surface area contributed by atoms with Crippen molar-refractivity contribution in [2.75, 3.05) is 20.1 Å². The highest BCUT2D eigenvalue weighted by molar-refractivity contribution is 5.79. The first-order chi connectivity index (χ1) is 12.1. The van der Waals surface area contributed by atoms with E-state index < -0.39 is 0 Å². The Labute approximate surface area is 151 Å². The van der Waals surface area contributed by atoms with E-state index in [0.717, 1.165) is 50.8 Å². The summed E-state index contributed by atoms with van der Waals surface area (Å²) in [7, 11) is 2.10. The van der Waals surface area contributed by atoms with E-state index in [1.165, 1.54) is 11.1 Å². The van der Waals surface area contributed by atoms with Crippen LogP contribution in [0.25, 0.3) is 0 Å². The summed E-state index contributed by atoms with van der Waals surface area (Å²) in [5.41, 5.74) is 2.66. The topological polar surface area (TPSA) is 45.5 Å². The maximum atomic E-state index is 4.79. The molecule has 0 aliphatic rings. The second-order valence-corrected chi connectivity index (χ2v) is 6.39. The van der Waals surface area contributed by atoms with Gasteiger partial charge in [-0.2, -0.15) is 0 Å². The number of imidazole rings is 1. The summed E-state index contributed by atoms with van der Waals surface area (Å²) in [6, 6.07) is 8.52. The van der Waals surface area contributed by atoms with Gasteiger partial charge in [0.1, 0.15) is 5.82 Å². The van der Waals surface area contributed by atoms with Gasteiger partial charge in [-0.3, -0.25) is 4.99 Å². The third kappa shape index (κ3) is 5.93. The fourth-order valence-electron chi connectivity index (χ4n) is 2.81. The van der Waals surface area contributed by atoms with Crippen molar-refractivity contribution in [3.8, 4) is 0 Å². The van der Waals surface area contributed by atoms with Crippen molar-refractivity contribution >= 4 is 5.96 Å². The molecular formula is C20H31N5. The van der Waals surface area contributed by atoms with Gasteiger partial charge in [-0.15, -0.1) is 0 Å². The smallest absolute Gasteiger partial charge is 0.193 e. The molecule has 0 spiro atoms. The summed E-state index contributed by atoms with van der Waals surface area (Å²) >= 11 is 0. The van der Waals surface area contributed by atoms with Crippen molar-refractivity contribution < 1.29 is 0 Å². The number of nitrogens with zero attached hydrogens (tertiary/aromatic N) is 4. The van der Waals surface area contributed by atoms with Crippen LogP contribution >= 0.6 is 0 Å². The minimum Gasteiger partial charge on any atom is -0.357 e. The van der Waals surface area contributed by atoms with Crippen molar-refractivity contribution in [2.45, 2.75) is 46.7 Å². The highest BCUT2D eigenvalue weighted by Gasteiger charge is 2.07. The molecular weight excluding hydrogens is 310 g/mol. The highest BCUT2D eigenvalue weighted by Crippen LogP contribution is 2.09. The fourth-order valence-corrected chi connectivity index (χ4v) is 2.81. The van der Waals surface area contributed by atoms with Gasteiger partial charge >= 0.3 is 0 Å². The molecule has 1 heterocycles. The molecule has 0 fully saturated rings. The number of aromatic nitrogens is 2. The van der Waals surface area contributed by atoms with Crippen molar-refractivity contribution in [3.63, 3.8) is 0 Å². The van der Waals surface area contributed by atoms with Gasteiger partial charge in [-0.25, -0.2) is 4.98 Å². The number of aryl methyl sites for hydroxylation is 3. The molecule has 2 rings (SSSR count). The number of guanidine groups is 1. The summed E-state index contributed by atoms with van der Waals surface area (Å²) in [5, 5.41) is 3.40. The van der Waals surface area contributed by atoms with E-state index >= 15 is 0 Å². The van der Waals surface area contributed by atoms with Crippen LogP contribution in [0.2, 0.25) is 0 Å². The third-order valence-corrected chi connectivity index (χ3v) is 4.36. The number of aliphatic imine (C=N–C) groups is 1. The molecule has 2 aromatic rings. The Morgan fingerprint density at radius 1 is 1.24 bits per heavy atom. The number of unbranched alkanes of at least 4 members (excludes halogenated alkanes) is 1. The first-order valence-electron chi connectivity index (χ1n) is 9.13. The molecule has 1 aromatic heterocycles. The number of benzene rings is 1. The van der Waals surface area contributed by atoms with Gasteiger partial charge in [0.05, 0.1) is 0 Å². The molecule has 0 saturated carbocycles. The zero-order chi connectivity index (χ0) is 18.1. The van der Waals surface area contributed by atoms with Gasteiger partial charge in [-0.1, -0.05) is 24.3 Å². The van der Waals surface area contributed by atoms with E-state index in [1.807, 2.05) is 19.3 Å². The lowest BCUT2D eigenvalue weighted by Gasteiger charge is -2.23. The Bertz CT molecular complexity index is 674. The van der Waals surface area contributed by atoms with E-state index in [1.54, 1.807) is 0 Å². The average molecular weight is 342 g/mol. The second kappa shape index (κ2) is 9.87. The molecule has 5 heteroatoms. The molecule has 5 nitrogen and oxygen atoms in total. The van der Waals surface area contributed by atoms with Crippen molar-refractivity contribution in [1.82, 2.24) is 19.8 Å². The highest BCUT2D eigenvalue weighted by atomic mass is 15.3. The van der Waals surface area contributed by atoms with Crippen LogP contribution < -0.4 is 5.32 Å². The Kier molecular flexibility index (Phi) is 7.51. The molecule has 136 valence electrons. The average Bonchev–Trinajstić information content (AvgIpc) is 3.00. The predicted octanol–water partition coefficient (Wildman–Crippen LogP) is 3.38. The molecule has 1 N–H and O–H groups in total. The molecule has 0 aliphatic heterocycles. The van der Waals surface area contributed by atoms with E-state index in [0.29, 0.717) is 0 Å². The summed E-state index contributed by atoms with van der Waals surface area (Å²) in [6.45, 7) is 9.91. The normalized spacial score (nSPS) is 11.6. The van der Waals surface area contributed by atoms with Crippen molar-refractivity contribution in [2.24, 2.45) is 4.99 Å². The zero-order valence-corrected chi connectivity index (χ0v) is 16.0. The van der Waals surface area contributed by atoms with Gasteiger partial charge in [0, 0.05) is 45.6 Å². The monoisotopic (exact) mass is 341 g/mol. The minimum absolute atomic E-state index is 0.841. The van der Waals surface area contributed by atoms with Crippen LogP contribution in [-0.4, -0.2) is 40.5 Å². The SMILES string of the molecule is CCNC(=NCCCCn1ccnc1C)N(C)Cc1ccccc1C. The number of hydrogen-bond acceptors (Lipinski definition) is 2. The van der Waals surface area contributed by atoms with E-state index in [2.05, 4.69) is 64.9 Å². The summed E-state index contributed by atoms with van der Waals surface area (Å²) in [4.78, 5) is 11.2. The number of rotatable bonds is 8. The first-order valence-corrected chi connectivity index (χ1v) is 9.13. The van der Waals surface area contributed by atoms with Gasteiger partial charge in [0.25, 0.3) is 0 Å². The van der Waals surface area contributed by atoms with Crippen LogP contribution in [0.3, 0.4) is 0 Å². The lowest BCUT2D eigenvalue weighted by atomic mass is 10.1. The molecule has 0 bridgehead atoms. The van der Waals surface area contributed by atoms with Gasteiger partial charge in [0.2, 0.25) is 0 Å². The maximum Gasteiger partial charge on any atom is 0.193 e. The van der Waals surface area contributed by atoms with Crippen LogP contribution in [0, 0.1) is 13.8 Å². The lowest BCUT2D eigenvalue weighted by Crippen LogP contribution is -2.38. The first kappa shape index (κ1) is 19.0. The zero-order valence-electron chi connectivity index (χ0n) is 16.0. The Morgan fingerprint density at radius 3 is 2.72 bits per heavy atom. The predicted molar refractivity (Wildman–Crippen MR) is 105 cm³/mol. The van der Waals surface area contributed by atoms with Crippen LogP contribution in [0.5, 0.6) is 0 Å². The van der Waals surface area contributed by atoms with Crippen LogP contribution in [0.4, 0.5) is 0 Å². The number of nitrogens with one attached hydrogen (secondary N) is 1. The summed E-state index contributed by atoms with van der Waals surface area (Å²) in [6.07, 6.45) is 6.09. The Morgan fingerprint density at radius 2 is 2.04 bits per heavy atom. The van der Waals surface area contributed by atoms with Crippen molar-refractivity contribution in [3.05, 3.63) is 53.6 Å². The molecule has 0 saturated heterocycles. The maximum absolute atomic E-state index is 4.79. The molecule has 0 radical (unpaired) electrons. The summed E-state index contributed by atoms with van der Waals surface area (Å²) in [5.74, 6) is 2.05. The van der Waals surface area contributed by atoms with E-state index in [-0.39, 0.29) is 0 Å². The molecule has 0 aliphatic carbocycles. The second-order valence-electron chi connectivity index (χ2n) is 6.39. The van der Waals surface area contributed by atoms with E-state index in [9.17, 15) is 0 Å². The molecule has 0 atom stereocenters. The molecule has 25 heavy (non-hydrogen) atoms. The van der Waals surface area contributed by atoms with Gasteiger partial charge in [0.15, 0.2) is 5.96 Å². The van der Waals surface area contributed by atoms with Crippen LogP contribution in [-0.2, 0) is 13.1 Å². The molecule has 0 amide bonds. The quantitative estimate of drug-likeness (QED) is 0.455. The van der Waals surface area contributed by atoms with Gasteiger partial charge in [-0.05, 0) is 44.7 Å². The summed E-state index contributed by atoms with van der Waals surface area (Å²) < 4.78 is 2.19. The minimum atomic E-state index is 0.841. The van der Waals surface area contributed by atoms with Gasteiger partial charge < -0.3 is 14.8 Å². The van der Waals surface area contributed by atoms with Crippen LogP contribution in [0.1, 0.15) is 36.7 Å². The largest absolute Gasteiger partial charge is 0.357 e. The fraction of sp³-hybridized carbons (Fsp3) is 0.500. The Hall–Kier alpha value is -2.30. The van der Waals surface area contributed by atoms with E-state index in [4.69, 9.17) is 4.99 Å². The Balaban J connectivity index is 1.84. The van der Waals surface area contributed by atoms with Crippen LogP contribution in [0.15, 0.2) is 41.7 Å². The molecule has 1 aromatic carbocycles. The standard InChI is InChI=1S/C20H31N5/c1-5-21-20(24(4)16-19-11-7-6-10-17(19)2)23-12-8-9-14-25-15-13-22-18(25)3/h6-7,10-11,13,15H,5,8-9,12,14,16H2,1-4H3,(H,21,23). The van der Waals surface area contributed by atoms with Crippen molar-refractivity contribution in [1.29, 1.82) is 0 Å².